The zero-order valence-electron chi connectivity index (χ0n) is 15.6. The molecular weight excluding hydrogens is 389 g/mol. The molecule has 2 N–H and O–H groups in total. The Balaban J connectivity index is 1.76. The van der Waals surface area contributed by atoms with E-state index in [-0.39, 0.29) is 24.3 Å². The van der Waals surface area contributed by atoms with Crippen LogP contribution in [0.3, 0.4) is 0 Å². The molecule has 2 atom stereocenters. The van der Waals surface area contributed by atoms with Gasteiger partial charge >= 0.3 is 6.03 Å². The number of hydrogen-bond donors (Lipinski definition) is 2. The molecule has 2 fully saturated rings. The van der Waals surface area contributed by atoms with E-state index in [4.69, 9.17) is 0 Å². The van der Waals surface area contributed by atoms with E-state index in [2.05, 4.69) is 10.6 Å². The highest BCUT2D eigenvalue weighted by Gasteiger charge is 2.52. The van der Waals surface area contributed by atoms with Crippen molar-refractivity contribution < 1.29 is 27.2 Å². The first-order valence-corrected chi connectivity index (χ1v) is 10.7. The summed E-state index contributed by atoms with van der Waals surface area (Å²) in [4.78, 5) is 38.6. The van der Waals surface area contributed by atoms with Crippen LogP contribution in [0.1, 0.15) is 32.3 Å². The quantitative estimate of drug-likeness (QED) is 0.692. The van der Waals surface area contributed by atoms with Crippen molar-refractivity contribution in [3.05, 3.63) is 35.6 Å². The zero-order chi connectivity index (χ0) is 20.7. The summed E-state index contributed by atoms with van der Waals surface area (Å²) in [5, 5.41) is 5.24. The normalized spacial score (nSPS) is 29.0. The maximum atomic E-state index is 13.2. The Morgan fingerprint density at radius 2 is 1.93 bits per heavy atom. The molecule has 28 heavy (non-hydrogen) atoms. The predicted octanol–water partition coefficient (Wildman–Crippen LogP) is 0.676. The molecule has 0 radical (unpaired) electrons. The van der Waals surface area contributed by atoms with Crippen LogP contribution in [0.2, 0.25) is 0 Å². The molecule has 2 aliphatic heterocycles. The molecule has 0 saturated carbocycles. The molecule has 2 aliphatic rings. The highest BCUT2D eigenvalue weighted by atomic mass is 32.2. The molecule has 0 bridgehead atoms. The van der Waals surface area contributed by atoms with Crippen LogP contribution >= 0.6 is 0 Å². The summed E-state index contributed by atoms with van der Waals surface area (Å²) in [5.41, 5.74) is -1.87. The first-order valence-electron chi connectivity index (χ1n) is 8.92. The maximum absolute atomic E-state index is 13.2. The summed E-state index contributed by atoms with van der Waals surface area (Å²) < 4.78 is 36.6. The Kier molecular flexibility index (Phi) is 4.95. The predicted molar refractivity (Wildman–Crippen MR) is 98.4 cm³/mol. The number of sulfone groups is 1. The average molecular weight is 411 g/mol. The van der Waals surface area contributed by atoms with Crippen molar-refractivity contribution >= 4 is 27.7 Å². The molecule has 2 saturated heterocycles. The van der Waals surface area contributed by atoms with Crippen LogP contribution in [0, 0.1) is 5.82 Å². The van der Waals surface area contributed by atoms with Gasteiger partial charge in [-0.15, -0.1) is 0 Å². The second-order valence-electron chi connectivity index (χ2n) is 7.54. The number of halogens is 1. The van der Waals surface area contributed by atoms with Crippen molar-refractivity contribution in [1.82, 2.24) is 15.5 Å². The third-order valence-corrected chi connectivity index (χ3v) is 7.19. The van der Waals surface area contributed by atoms with E-state index < -0.39 is 51.1 Å². The fourth-order valence-corrected chi connectivity index (χ4v) is 5.87. The molecule has 1 aromatic carbocycles. The SMILES string of the molecule is CCC1(c2ccc(F)cc2)NC(=O)N(CC(=O)NC2(C)CCS(=O)(=O)C2)C1=O. The lowest BCUT2D eigenvalue weighted by molar-refractivity contribution is -0.135. The van der Waals surface area contributed by atoms with Crippen LogP contribution in [-0.2, 0) is 25.0 Å². The van der Waals surface area contributed by atoms with Gasteiger partial charge in [-0.2, -0.15) is 0 Å². The van der Waals surface area contributed by atoms with E-state index in [1.807, 2.05) is 0 Å². The van der Waals surface area contributed by atoms with Crippen molar-refractivity contribution in [3.8, 4) is 0 Å². The van der Waals surface area contributed by atoms with Gasteiger partial charge in [-0.05, 0) is 37.5 Å². The number of carbonyl (C=O) groups excluding carboxylic acids is 3. The van der Waals surface area contributed by atoms with Gasteiger partial charge in [0.25, 0.3) is 5.91 Å². The Bertz CT molecular complexity index is 933. The van der Waals surface area contributed by atoms with Gasteiger partial charge in [0.05, 0.1) is 17.0 Å². The van der Waals surface area contributed by atoms with E-state index in [0.29, 0.717) is 5.56 Å². The van der Waals surface area contributed by atoms with Crippen molar-refractivity contribution in [2.45, 2.75) is 37.8 Å². The van der Waals surface area contributed by atoms with Gasteiger partial charge in [-0.3, -0.25) is 14.5 Å². The standard InChI is InChI=1S/C18H22FN3O5S/c1-3-18(12-4-6-13(19)7-5-12)15(24)22(16(25)21-18)10-14(23)20-17(2)8-9-28(26,27)11-17/h4-7H,3,8-11H2,1-2H3,(H,20,23)(H,21,25). The Morgan fingerprint density at radius 1 is 1.29 bits per heavy atom. The largest absolute Gasteiger partial charge is 0.348 e. The van der Waals surface area contributed by atoms with E-state index in [0.717, 1.165) is 4.90 Å². The molecule has 2 unspecified atom stereocenters. The minimum atomic E-state index is -3.22. The number of carbonyl (C=O) groups is 3. The summed E-state index contributed by atoms with van der Waals surface area (Å²) in [7, 11) is -3.22. The number of nitrogens with one attached hydrogen (secondary N) is 2. The minimum Gasteiger partial charge on any atom is -0.348 e. The molecule has 4 amide bonds. The van der Waals surface area contributed by atoms with Crippen LogP contribution in [0.15, 0.2) is 24.3 Å². The lowest BCUT2D eigenvalue weighted by atomic mass is 9.87. The number of imide groups is 1. The number of amides is 4. The van der Waals surface area contributed by atoms with Gasteiger partial charge in [0.2, 0.25) is 5.91 Å². The van der Waals surface area contributed by atoms with Crippen molar-refractivity contribution in [2.24, 2.45) is 0 Å². The first-order chi connectivity index (χ1) is 13.0. The number of rotatable bonds is 5. The fourth-order valence-electron chi connectivity index (χ4n) is 3.77. The topological polar surface area (TPSA) is 113 Å². The van der Waals surface area contributed by atoms with E-state index in [1.165, 1.54) is 24.3 Å². The number of nitrogens with zero attached hydrogens (tertiary/aromatic N) is 1. The van der Waals surface area contributed by atoms with Crippen LogP contribution in [0.4, 0.5) is 9.18 Å². The molecule has 152 valence electrons. The highest BCUT2D eigenvalue weighted by Crippen LogP contribution is 2.32. The van der Waals surface area contributed by atoms with Gasteiger partial charge in [0.1, 0.15) is 17.9 Å². The lowest BCUT2D eigenvalue weighted by Gasteiger charge is -2.27. The molecule has 0 spiro atoms. The van der Waals surface area contributed by atoms with Gasteiger partial charge in [0, 0.05) is 0 Å². The molecular formula is C18H22FN3O5S. The summed E-state index contributed by atoms with van der Waals surface area (Å²) in [6.07, 6.45) is 0.493. The smallest absolute Gasteiger partial charge is 0.325 e. The third kappa shape index (κ3) is 3.60. The van der Waals surface area contributed by atoms with Gasteiger partial charge in [-0.25, -0.2) is 17.6 Å². The second-order valence-corrected chi connectivity index (χ2v) is 9.72. The number of benzene rings is 1. The van der Waals surface area contributed by atoms with E-state index in [9.17, 15) is 27.2 Å². The monoisotopic (exact) mass is 411 g/mol. The Labute approximate surface area is 162 Å². The third-order valence-electron chi connectivity index (χ3n) is 5.29. The number of hydrogen-bond acceptors (Lipinski definition) is 5. The molecule has 3 rings (SSSR count). The molecule has 1 aromatic rings. The van der Waals surface area contributed by atoms with Gasteiger partial charge in [-0.1, -0.05) is 19.1 Å². The molecule has 0 aromatic heterocycles. The minimum absolute atomic E-state index is 0.0174. The average Bonchev–Trinajstić information content (AvgIpc) is 3.02. The highest BCUT2D eigenvalue weighted by molar-refractivity contribution is 7.91. The summed E-state index contributed by atoms with van der Waals surface area (Å²) in [5.74, 6) is -1.89. The van der Waals surface area contributed by atoms with E-state index >= 15 is 0 Å². The number of urea groups is 1. The lowest BCUT2D eigenvalue weighted by Crippen LogP contribution is -2.51. The molecule has 2 heterocycles. The van der Waals surface area contributed by atoms with Crippen molar-refractivity contribution in [2.75, 3.05) is 18.1 Å². The Hall–Kier alpha value is -2.49. The summed E-state index contributed by atoms with van der Waals surface area (Å²) >= 11 is 0. The van der Waals surface area contributed by atoms with Gasteiger partial charge in [0.15, 0.2) is 9.84 Å². The van der Waals surface area contributed by atoms with E-state index in [1.54, 1.807) is 13.8 Å². The first kappa shape index (κ1) is 20.2. The van der Waals surface area contributed by atoms with Crippen molar-refractivity contribution in [1.29, 1.82) is 0 Å². The molecule has 10 heteroatoms. The molecule has 0 aliphatic carbocycles. The van der Waals surface area contributed by atoms with Crippen LogP contribution in [-0.4, -0.2) is 54.8 Å². The fraction of sp³-hybridized carbons (Fsp3) is 0.500. The summed E-state index contributed by atoms with van der Waals surface area (Å²) in [6.45, 7) is 2.80. The Morgan fingerprint density at radius 3 is 2.46 bits per heavy atom. The van der Waals surface area contributed by atoms with Crippen LogP contribution in [0.25, 0.3) is 0 Å². The van der Waals surface area contributed by atoms with Crippen LogP contribution < -0.4 is 10.6 Å². The second kappa shape index (κ2) is 6.84. The summed E-state index contributed by atoms with van der Waals surface area (Å²) in [6, 6.07) is 4.51. The zero-order valence-corrected chi connectivity index (χ0v) is 16.4. The van der Waals surface area contributed by atoms with Gasteiger partial charge < -0.3 is 10.6 Å². The maximum Gasteiger partial charge on any atom is 0.325 e. The van der Waals surface area contributed by atoms with Crippen molar-refractivity contribution in [3.63, 3.8) is 0 Å². The van der Waals surface area contributed by atoms with Crippen LogP contribution in [0.5, 0.6) is 0 Å². The molecule has 8 nitrogen and oxygen atoms in total.